The number of thiophene rings is 1. The molecule has 0 spiro atoms. The molecule has 2 aromatic rings. The lowest BCUT2D eigenvalue weighted by atomic mass is 9.97. The zero-order valence-corrected chi connectivity index (χ0v) is 11.9. The molecule has 96 valence electrons. The van der Waals surface area contributed by atoms with Gasteiger partial charge in [0.05, 0.1) is 6.33 Å². The highest BCUT2D eigenvalue weighted by Crippen LogP contribution is 2.36. The maximum Gasteiger partial charge on any atom is 0.0945 e. The van der Waals surface area contributed by atoms with Crippen molar-refractivity contribution in [2.75, 3.05) is 0 Å². The molecule has 0 radical (unpaired) electrons. The second-order valence-corrected chi connectivity index (χ2v) is 6.43. The summed E-state index contributed by atoms with van der Waals surface area (Å²) in [5, 5.41) is 2.24. The SMILES string of the molecule is CC(c1ccsc1CCC1CC1)c1cncn1C. The van der Waals surface area contributed by atoms with Crippen molar-refractivity contribution in [1.29, 1.82) is 0 Å². The molecule has 0 amide bonds. The summed E-state index contributed by atoms with van der Waals surface area (Å²) in [6.07, 6.45) is 9.44. The van der Waals surface area contributed by atoms with Crippen LogP contribution in [-0.2, 0) is 13.5 Å². The van der Waals surface area contributed by atoms with E-state index in [0.29, 0.717) is 5.92 Å². The van der Waals surface area contributed by atoms with Crippen molar-refractivity contribution in [2.24, 2.45) is 13.0 Å². The Kier molecular flexibility index (Phi) is 3.25. The summed E-state index contributed by atoms with van der Waals surface area (Å²) < 4.78 is 2.13. The van der Waals surface area contributed by atoms with Gasteiger partial charge in [0.2, 0.25) is 0 Å². The Hall–Kier alpha value is -1.09. The number of aryl methyl sites for hydroxylation is 2. The first-order chi connectivity index (χ1) is 8.75. The Bertz CT molecular complexity index is 522. The van der Waals surface area contributed by atoms with Gasteiger partial charge in [-0.25, -0.2) is 4.98 Å². The van der Waals surface area contributed by atoms with Crippen molar-refractivity contribution in [3.05, 3.63) is 40.1 Å². The minimum Gasteiger partial charge on any atom is -0.337 e. The molecule has 1 aliphatic rings. The number of rotatable bonds is 5. The third kappa shape index (κ3) is 2.37. The first-order valence-electron chi connectivity index (χ1n) is 6.78. The standard InChI is InChI=1S/C15H20N2S/c1-11(14-9-16-10-17(14)2)13-7-8-18-15(13)6-5-12-3-4-12/h7-12H,3-6H2,1-2H3. The van der Waals surface area contributed by atoms with E-state index < -0.39 is 0 Å². The molecule has 0 N–H and O–H groups in total. The molecule has 18 heavy (non-hydrogen) atoms. The van der Waals surface area contributed by atoms with Gasteiger partial charge in [0.15, 0.2) is 0 Å². The maximum absolute atomic E-state index is 4.23. The normalized spacial score (nSPS) is 17.0. The average molecular weight is 260 g/mol. The van der Waals surface area contributed by atoms with Crippen LogP contribution in [-0.4, -0.2) is 9.55 Å². The van der Waals surface area contributed by atoms with Crippen molar-refractivity contribution in [3.63, 3.8) is 0 Å². The van der Waals surface area contributed by atoms with Gasteiger partial charge in [0, 0.05) is 29.7 Å². The van der Waals surface area contributed by atoms with Crippen molar-refractivity contribution in [3.8, 4) is 0 Å². The number of hydrogen-bond donors (Lipinski definition) is 0. The quantitative estimate of drug-likeness (QED) is 0.795. The molecule has 1 unspecified atom stereocenters. The second-order valence-electron chi connectivity index (χ2n) is 5.43. The smallest absolute Gasteiger partial charge is 0.0945 e. The summed E-state index contributed by atoms with van der Waals surface area (Å²) >= 11 is 1.92. The van der Waals surface area contributed by atoms with Crippen LogP contribution in [0.5, 0.6) is 0 Å². The van der Waals surface area contributed by atoms with Gasteiger partial charge in [-0.2, -0.15) is 0 Å². The molecule has 2 heterocycles. The van der Waals surface area contributed by atoms with Crippen LogP contribution in [0.3, 0.4) is 0 Å². The molecular formula is C15H20N2S. The lowest BCUT2D eigenvalue weighted by Crippen LogP contribution is -2.03. The van der Waals surface area contributed by atoms with E-state index >= 15 is 0 Å². The van der Waals surface area contributed by atoms with Crippen LogP contribution in [0, 0.1) is 5.92 Å². The Labute approximate surface area is 113 Å². The largest absolute Gasteiger partial charge is 0.337 e. The van der Waals surface area contributed by atoms with E-state index in [1.165, 1.54) is 36.9 Å². The van der Waals surface area contributed by atoms with Gasteiger partial charge in [-0.15, -0.1) is 11.3 Å². The first kappa shape index (κ1) is 12.0. The average Bonchev–Trinajstić information content (AvgIpc) is 2.90. The van der Waals surface area contributed by atoms with Gasteiger partial charge in [-0.1, -0.05) is 19.8 Å². The molecule has 0 aromatic carbocycles. The monoisotopic (exact) mass is 260 g/mol. The topological polar surface area (TPSA) is 17.8 Å². The fourth-order valence-corrected chi connectivity index (χ4v) is 3.62. The number of imidazole rings is 1. The van der Waals surface area contributed by atoms with Crippen molar-refractivity contribution in [2.45, 2.75) is 38.5 Å². The van der Waals surface area contributed by atoms with Crippen LogP contribution in [0.25, 0.3) is 0 Å². The predicted octanol–water partition coefficient (Wildman–Crippen LogP) is 3.98. The van der Waals surface area contributed by atoms with E-state index in [2.05, 4.69) is 35.0 Å². The Morgan fingerprint density at radius 2 is 2.33 bits per heavy atom. The molecule has 1 aliphatic carbocycles. The van der Waals surface area contributed by atoms with Crippen LogP contribution in [0.2, 0.25) is 0 Å². The van der Waals surface area contributed by atoms with Crippen LogP contribution in [0.4, 0.5) is 0 Å². The molecule has 1 saturated carbocycles. The Balaban J connectivity index is 1.78. The van der Waals surface area contributed by atoms with E-state index in [1.807, 2.05) is 23.9 Å². The second kappa shape index (κ2) is 4.88. The molecule has 0 bridgehead atoms. The first-order valence-corrected chi connectivity index (χ1v) is 7.66. The molecule has 2 aromatic heterocycles. The lowest BCUT2D eigenvalue weighted by molar-refractivity contribution is 0.717. The minimum absolute atomic E-state index is 0.456. The number of hydrogen-bond acceptors (Lipinski definition) is 2. The van der Waals surface area contributed by atoms with Gasteiger partial charge in [-0.3, -0.25) is 0 Å². The fraction of sp³-hybridized carbons (Fsp3) is 0.533. The fourth-order valence-electron chi connectivity index (χ4n) is 2.63. The van der Waals surface area contributed by atoms with Crippen LogP contribution in [0.1, 0.15) is 48.2 Å². The summed E-state index contributed by atoms with van der Waals surface area (Å²) in [4.78, 5) is 5.81. The van der Waals surface area contributed by atoms with Crippen LogP contribution < -0.4 is 0 Å². The number of nitrogens with zero attached hydrogens (tertiary/aromatic N) is 2. The molecule has 2 nitrogen and oxygen atoms in total. The zero-order valence-electron chi connectivity index (χ0n) is 11.1. The third-order valence-electron chi connectivity index (χ3n) is 4.02. The molecule has 3 heteroatoms. The van der Waals surface area contributed by atoms with E-state index in [9.17, 15) is 0 Å². The van der Waals surface area contributed by atoms with Gasteiger partial charge in [0.1, 0.15) is 0 Å². The van der Waals surface area contributed by atoms with E-state index in [4.69, 9.17) is 0 Å². The zero-order chi connectivity index (χ0) is 12.5. The van der Waals surface area contributed by atoms with Crippen LogP contribution >= 0.6 is 11.3 Å². The highest BCUT2D eigenvalue weighted by atomic mass is 32.1. The molecule has 0 aliphatic heterocycles. The Morgan fingerprint density at radius 1 is 1.50 bits per heavy atom. The molecular weight excluding hydrogens is 240 g/mol. The highest BCUT2D eigenvalue weighted by Gasteiger charge is 2.22. The molecule has 3 rings (SSSR count). The minimum atomic E-state index is 0.456. The van der Waals surface area contributed by atoms with Crippen molar-refractivity contribution >= 4 is 11.3 Å². The van der Waals surface area contributed by atoms with E-state index in [-0.39, 0.29) is 0 Å². The van der Waals surface area contributed by atoms with Gasteiger partial charge in [0.25, 0.3) is 0 Å². The highest BCUT2D eigenvalue weighted by molar-refractivity contribution is 7.10. The summed E-state index contributed by atoms with van der Waals surface area (Å²) in [6, 6.07) is 2.30. The summed E-state index contributed by atoms with van der Waals surface area (Å²) in [6.45, 7) is 2.29. The lowest BCUT2D eigenvalue weighted by Gasteiger charge is -2.13. The predicted molar refractivity (Wildman–Crippen MR) is 76.1 cm³/mol. The van der Waals surface area contributed by atoms with Crippen LogP contribution in [0.15, 0.2) is 24.0 Å². The van der Waals surface area contributed by atoms with Gasteiger partial charge in [-0.05, 0) is 35.8 Å². The summed E-state index contributed by atoms with van der Waals surface area (Å²) in [5.41, 5.74) is 2.81. The van der Waals surface area contributed by atoms with E-state index in [1.54, 1.807) is 4.88 Å². The summed E-state index contributed by atoms with van der Waals surface area (Å²) in [5.74, 6) is 1.48. The van der Waals surface area contributed by atoms with Gasteiger partial charge >= 0.3 is 0 Å². The third-order valence-corrected chi connectivity index (χ3v) is 5.02. The summed E-state index contributed by atoms with van der Waals surface area (Å²) in [7, 11) is 2.08. The van der Waals surface area contributed by atoms with Crippen molar-refractivity contribution < 1.29 is 0 Å². The van der Waals surface area contributed by atoms with E-state index in [0.717, 1.165) is 5.92 Å². The van der Waals surface area contributed by atoms with Crippen molar-refractivity contribution in [1.82, 2.24) is 9.55 Å². The number of aromatic nitrogens is 2. The molecule has 0 saturated heterocycles. The van der Waals surface area contributed by atoms with Gasteiger partial charge < -0.3 is 4.57 Å². The molecule has 1 atom stereocenters. The maximum atomic E-state index is 4.23. The molecule has 1 fully saturated rings. The Morgan fingerprint density at radius 3 is 3.00 bits per heavy atom.